The molecule has 2 aromatic carbocycles. The summed E-state index contributed by atoms with van der Waals surface area (Å²) in [5, 5.41) is 14.1. The van der Waals surface area contributed by atoms with Gasteiger partial charge in [0.2, 0.25) is 5.95 Å². The van der Waals surface area contributed by atoms with Crippen molar-refractivity contribution in [3.8, 4) is 11.5 Å². The van der Waals surface area contributed by atoms with Crippen molar-refractivity contribution in [2.45, 2.75) is 0 Å². The van der Waals surface area contributed by atoms with E-state index in [2.05, 4.69) is 25.8 Å². The van der Waals surface area contributed by atoms with Gasteiger partial charge in [-0.05, 0) is 30.3 Å². The Kier molecular flexibility index (Phi) is 5.85. The van der Waals surface area contributed by atoms with Gasteiger partial charge in [-0.25, -0.2) is 4.79 Å². The quantitative estimate of drug-likeness (QED) is 0.597. The van der Waals surface area contributed by atoms with Gasteiger partial charge in [0.15, 0.2) is 5.82 Å². The summed E-state index contributed by atoms with van der Waals surface area (Å²) in [6.45, 7) is 0. The second-order valence-electron chi connectivity index (χ2n) is 5.55. The van der Waals surface area contributed by atoms with E-state index in [1.807, 2.05) is 0 Å². The Morgan fingerprint density at radius 2 is 1.86 bits per heavy atom. The van der Waals surface area contributed by atoms with Crippen LogP contribution in [0.5, 0.6) is 11.5 Å². The minimum atomic E-state index is -0.428. The summed E-state index contributed by atoms with van der Waals surface area (Å²) in [6.07, 6.45) is 1.48. The van der Waals surface area contributed by atoms with Gasteiger partial charge in [0.1, 0.15) is 11.5 Å². The SMILES string of the molecule is COC(=O)c1cccc(Nc2nncc(Nc3cc(OC)ccc3OC)n2)c1. The first-order chi connectivity index (χ1) is 13.6. The molecule has 0 bridgehead atoms. The Morgan fingerprint density at radius 1 is 1.00 bits per heavy atom. The van der Waals surface area contributed by atoms with Gasteiger partial charge < -0.3 is 24.8 Å². The molecule has 1 heterocycles. The van der Waals surface area contributed by atoms with Gasteiger partial charge in [0.25, 0.3) is 0 Å². The van der Waals surface area contributed by atoms with Crippen molar-refractivity contribution in [2.75, 3.05) is 32.0 Å². The van der Waals surface area contributed by atoms with E-state index in [1.165, 1.54) is 13.3 Å². The standard InChI is InChI=1S/C19H19N5O4/c1-26-14-7-8-16(27-2)15(10-14)22-17-11-20-24-19(23-17)21-13-6-4-5-12(9-13)18(25)28-3/h4-11H,1-3H3,(H2,21,22,23,24). The van der Waals surface area contributed by atoms with Crippen LogP contribution in [-0.4, -0.2) is 42.5 Å². The fourth-order valence-electron chi connectivity index (χ4n) is 2.44. The third-order valence-corrected chi connectivity index (χ3v) is 3.77. The first-order valence-electron chi connectivity index (χ1n) is 8.27. The van der Waals surface area contributed by atoms with Gasteiger partial charge in [-0.3, -0.25) is 0 Å². The molecule has 1 aromatic heterocycles. The molecule has 2 N–H and O–H groups in total. The molecule has 0 aliphatic heterocycles. The van der Waals surface area contributed by atoms with Crippen LogP contribution in [0.25, 0.3) is 0 Å². The number of esters is 1. The molecular weight excluding hydrogens is 362 g/mol. The number of hydrogen-bond donors (Lipinski definition) is 2. The summed E-state index contributed by atoms with van der Waals surface area (Å²) in [5.41, 5.74) is 1.71. The molecule has 9 heteroatoms. The Balaban J connectivity index is 1.81. The molecule has 28 heavy (non-hydrogen) atoms. The van der Waals surface area contributed by atoms with Gasteiger partial charge >= 0.3 is 5.97 Å². The molecule has 0 unspecified atom stereocenters. The first-order valence-corrected chi connectivity index (χ1v) is 8.27. The van der Waals surface area contributed by atoms with Gasteiger partial charge in [0.05, 0.1) is 38.8 Å². The maximum absolute atomic E-state index is 11.7. The molecule has 3 aromatic rings. The van der Waals surface area contributed by atoms with Crippen LogP contribution in [0, 0.1) is 0 Å². The fraction of sp³-hybridized carbons (Fsp3) is 0.158. The van der Waals surface area contributed by atoms with Gasteiger partial charge in [-0.1, -0.05) is 6.07 Å². The van der Waals surface area contributed by atoms with Crippen LogP contribution in [0.3, 0.4) is 0 Å². The lowest BCUT2D eigenvalue weighted by Crippen LogP contribution is -2.05. The average molecular weight is 381 g/mol. The third kappa shape index (κ3) is 4.44. The molecular formula is C19H19N5O4. The molecule has 0 atom stereocenters. The number of benzene rings is 2. The van der Waals surface area contributed by atoms with Crippen molar-refractivity contribution in [1.82, 2.24) is 15.2 Å². The lowest BCUT2D eigenvalue weighted by Gasteiger charge is -2.12. The van der Waals surface area contributed by atoms with E-state index in [0.29, 0.717) is 34.3 Å². The van der Waals surface area contributed by atoms with Crippen LogP contribution < -0.4 is 20.1 Å². The highest BCUT2D eigenvalue weighted by molar-refractivity contribution is 5.90. The summed E-state index contributed by atoms with van der Waals surface area (Å²) < 4.78 is 15.3. The molecule has 3 rings (SSSR count). The zero-order valence-corrected chi connectivity index (χ0v) is 15.6. The van der Waals surface area contributed by atoms with Crippen molar-refractivity contribution in [2.24, 2.45) is 0 Å². The predicted octanol–water partition coefficient (Wildman–Crippen LogP) is 3.16. The van der Waals surface area contributed by atoms with Gasteiger partial charge in [0, 0.05) is 11.8 Å². The van der Waals surface area contributed by atoms with Gasteiger partial charge in [-0.2, -0.15) is 10.1 Å². The monoisotopic (exact) mass is 381 g/mol. The van der Waals surface area contributed by atoms with Crippen molar-refractivity contribution in [3.05, 3.63) is 54.2 Å². The molecule has 0 radical (unpaired) electrons. The largest absolute Gasteiger partial charge is 0.497 e. The smallest absolute Gasteiger partial charge is 0.337 e. The molecule has 0 saturated carbocycles. The number of aromatic nitrogens is 3. The maximum atomic E-state index is 11.7. The van der Waals surface area contributed by atoms with E-state index in [1.54, 1.807) is 56.7 Å². The molecule has 0 amide bonds. The summed E-state index contributed by atoms with van der Waals surface area (Å²) in [4.78, 5) is 16.0. The van der Waals surface area contributed by atoms with Crippen molar-refractivity contribution >= 4 is 29.1 Å². The van der Waals surface area contributed by atoms with Crippen LogP contribution >= 0.6 is 0 Å². The zero-order valence-electron chi connectivity index (χ0n) is 15.6. The highest BCUT2D eigenvalue weighted by atomic mass is 16.5. The third-order valence-electron chi connectivity index (χ3n) is 3.77. The molecule has 0 aliphatic rings. The average Bonchev–Trinajstić information content (AvgIpc) is 2.73. The topological polar surface area (TPSA) is 107 Å². The van der Waals surface area contributed by atoms with Crippen molar-refractivity contribution in [1.29, 1.82) is 0 Å². The second kappa shape index (κ2) is 8.67. The Labute approximate surface area is 161 Å². The van der Waals surface area contributed by atoms with Gasteiger partial charge in [-0.15, -0.1) is 5.10 Å². The van der Waals surface area contributed by atoms with Crippen LogP contribution in [0.4, 0.5) is 23.1 Å². The van der Waals surface area contributed by atoms with E-state index in [9.17, 15) is 4.79 Å². The van der Waals surface area contributed by atoms with E-state index in [0.717, 1.165) is 0 Å². The minimum absolute atomic E-state index is 0.258. The number of hydrogen-bond acceptors (Lipinski definition) is 9. The number of carbonyl (C=O) groups excluding carboxylic acids is 1. The van der Waals surface area contributed by atoms with Crippen LogP contribution in [0.1, 0.15) is 10.4 Å². The van der Waals surface area contributed by atoms with E-state index < -0.39 is 5.97 Å². The van der Waals surface area contributed by atoms with Crippen LogP contribution in [-0.2, 0) is 4.74 Å². The Hall–Kier alpha value is -3.88. The number of methoxy groups -OCH3 is 3. The molecule has 0 spiro atoms. The summed E-state index contributed by atoms with van der Waals surface area (Å²) in [6, 6.07) is 12.2. The normalized spacial score (nSPS) is 10.1. The highest BCUT2D eigenvalue weighted by Gasteiger charge is 2.09. The summed E-state index contributed by atoms with van der Waals surface area (Å²) in [7, 11) is 4.49. The lowest BCUT2D eigenvalue weighted by atomic mass is 10.2. The van der Waals surface area contributed by atoms with E-state index in [4.69, 9.17) is 14.2 Å². The minimum Gasteiger partial charge on any atom is -0.497 e. The van der Waals surface area contributed by atoms with Crippen molar-refractivity contribution < 1.29 is 19.0 Å². The second-order valence-corrected chi connectivity index (χ2v) is 5.55. The Morgan fingerprint density at radius 3 is 2.61 bits per heavy atom. The predicted molar refractivity (Wildman–Crippen MR) is 104 cm³/mol. The Bertz CT molecular complexity index is 980. The van der Waals surface area contributed by atoms with E-state index in [-0.39, 0.29) is 5.95 Å². The number of carbonyl (C=O) groups is 1. The number of ether oxygens (including phenoxy) is 3. The molecule has 0 saturated heterocycles. The molecule has 9 nitrogen and oxygen atoms in total. The zero-order chi connectivity index (χ0) is 19.9. The lowest BCUT2D eigenvalue weighted by molar-refractivity contribution is 0.0601. The van der Waals surface area contributed by atoms with Crippen LogP contribution in [0.2, 0.25) is 0 Å². The number of rotatable bonds is 7. The number of anilines is 4. The fourth-order valence-corrected chi connectivity index (χ4v) is 2.44. The maximum Gasteiger partial charge on any atom is 0.337 e. The van der Waals surface area contributed by atoms with Crippen LogP contribution in [0.15, 0.2) is 48.7 Å². The molecule has 0 fully saturated rings. The first kappa shape index (κ1) is 18.9. The number of nitrogens with zero attached hydrogens (tertiary/aromatic N) is 3. The molecule has 144 valence electrons. The highest BCUT2D eigenvalue weighted by Crippen LogP contribution is 2.31. The van der Waals surface area contributed by atoms with Crippen molar-refractivity contribution in [3.63, 3.8) is 0 Å². The summed E-state index contributed by atoms with van der Waals surface area (Å²) in [5.74, 6) is 1.58. The number of nitrogens with one attached hydrogen (secondary N) is 2. The van der Waals surface area contributed by atoms with E-state index >= 15 is 0 Å². The molecule has 0 aliphatic carbocycles. The summed E-state index contributed by atoms with van der Waals surface area (Å²) >= 11 is 0.